The van der Waals surface area contributed by atoms with Gasteiger partial charge in [-0.05, 0) is 11.7 Å². The molecule has 1 aliphatic heterocycles. The predicted octanol–water partition coefficient (Wildman–Crippen LogP) is 1.13. The van der Waals surface area contributed by atoms with Gasteiger partial charge in [0.15, 0.2) is 0 Å². The number of carbonyl (C=O) groups is 1. The summed E-state index contributed by atoms with van der Waals surface area (Å²) in [5.74, 6) is 0.392. The van der Waals surface area contributed by atoms with Gasteiger partial charge in [0.25, 0.3) is 0 Å². The molecule has 1 radical (unpaired) electrons. The van der Waals surface area contributed by atoms with Crippen LogP contribution in [0, 0.1) is 12.5 Å². The topological polar surface area (TPSA) is 31.2 Å². The van der Waals surface area contributed by atoms with Crippen LogP contribution in [0.5, 0.6) is 0 Å². The van der Waals surface area contributed by atoms with Crippen LogP contribution in [0.3, 0.4) is 0 Å². The van der Waals surface area contributed by atoms with Crippen molar-refractivity contribution < 1.29 is 58.6 Å². The molecule has 55 valence electrons. The minimum atomic E-state index is 0. The molecule has 0 aromatic carbocycles. The van der Waals surface area contributed by atoms with Crippen molar-refractivity contribution in [2.24, 2.45) is 5.92 Å². The summed E-state index contributed by atoms with van der Waals surface area (Å²) in [6.45, 7) is 4.20. The van der Waals surface area contributed by atoms with Gasteiger partial charge >= 0.3 is 0 Å². The Labute approximate surface area is 101 Å². The van der Waals surface area contributed by atoms with E-state index in [9.17, 15) is 4.79 Å². The molecule has 1 heterocycles. The standard InChI is InChI=1S/C6H9NO.W.Y/c1-5-2-3-7-4-6(5)8;;/h4-5H,2-3H2,1H3;;/q-2;;. The van der Waals surface area contributed by atoms with Crippen molar-refractivity contribution in [2.45, 2.75) is 13.3 Å². The fourth-order valence-corrected chi connectivity index (χ4v) is 0.692. The normalized spacial score (nSPS) is 23.7. The number of ketones is 1. The molecule has 10 heavy (non-hydrogen) atoms. The minimum Gasteiger partial charge on any atom is -0.813 e. The third-order valence-corrected chi connectivity index (χ3v) is 1.40. The Hall–Kier alpha value is 1.29. The van der Waals surface area contributed by atoms with Crippen LogP contribution in [0.15, 0.2) is 0 Å². The summed E-state index contributed by atoms with van der Waals surface area (Å²) in [7, 11) is 0. The predicted molar refractivity (Wildman–Crippen MR) is 31.3 cm³/mol. The quantitative estimate of drug-likeness (QED) is 0.577. The second-order valence-electron chi connectivity index (χ2n) is 2.13. The van der Waals surface area contributed by atoms with Gasteiger partial charge in [-0.15, -0.1) is 0 Å². The summed E-state index contributed by atoms with van der Waals surface area (Å²) in [6.07, 6.45) is 0.926. The van der Waals surface area contributed by atoms with E-state index in [4.69, 9.17) is 0 Å². The minimum absolute atomic E-state index is 0. The van der Waals surface area contributed by atoms with Crippen LogP contribution < -0.4 is 0 Å². The van der Waals surface area contributed by atoms with Crippen LogP contribution >= 0.6 is 0 Å². The van der Waals surface area contributed by atoms with E-state index in [2.05, 4.69) is 5.32 Å². The fourth-order valence-electron chi connectivity index (χ4n) is 0.692. The first-order valence-corrected chi connectivity index (χ1v) is 2.84. The van der Waals surface area contributed by atoms with Gasteiger partial charge in [0.2, 0.25) is 0 Å². The van der Waals surface area contributed by atoms with Crippen molar-refractivity contribution in [3.05, 3.63) is 11.9 Å². The summed E-state index contributed by atoms with van der Waals surface area (Å²) in [6, 6.07) is 0. The Morgan fingerprint density at radius 3 is 2.60 bits per heavy atom. The molecule has 1 rings (SSSR count). The van der Waals surface area contributed by atoms with Gasteiger partial charge in [-0.1, -0.05) is 13.3 Å². The second kappa shape index (κ2) is 6.97. The van der Waals surface area contributed by atoms with E-state index in [-0.39, 0.29) is 65.5 Å². The van der Waals surface area contributed by atoms with E-state index in [0.29, 0.717) is 0 Å². The number of Topliss-reactive ketones (excluding diaryl/α,β-unsaturated/α-hetero) is 1. The molecule has 1 unspecified atom stereocenters. The van der Waals surface area contributed by atoms with Gasteiger partial charge in [0, 0.05) is 53.8 Å². The Kier molecular flexibility index (Phi) is 9.65. The van der Waals surface area contributed by atoms with Crippen molar-refractivity contribution >= 4 is 5.78 Å². The molecular formula is C6H9NOWY-2. The molecule has 0 N–H and O–H groups in total. The Morgan fingerprint density at radius 1 is 1.70 bits per heavy atom. The smallest absolute Gasteiger partial charge is 0 e. The molecule has 0 aromatic heterocycles. The van der Waals surface area contributed by atoms with Gasteiger partial charge in [0.05, 0.1) is 0 Å². The fraction of sp³-hybridized carbons (Fsp3) is 0.667. The van der Waals surface area contributed by atoms with Crippen LogP contribution in [-0.2, 0) is 58.6 Å². The molecular weight excluding hydrogens is 375 g/mol. The average molecular weight is 384 g/mol. The van der Waals surface area contributed by atoms with Crippen LogP contribution in [-0.4, -0.2) is 12.3 Å². The van der Waals surface area contributed by atoms with E-state index < -0.39 is 0 Å². The van der Waals surface area contributed by atoms with Crippen molar-refractivity contribution in [3.63, 3.8) is 0 Å². The third-order valence-electron chi connectivity index (χ3n) is 1.40. The van der Waals surface area contributed by atoms with Crippen molar-refractivity contribution in [2.75, 3.05) is 6.54 Å². The van der Waals surface area contributed by atoms with Crippen LogP contribution in [0.1, 0.15) is 13.3 Å². The first-order chi connectivity index (χ1) is 3.80. The number of hydrogen-bond donors (Lipinski definition) is 0. The van der Waals surface area contributed by atoms with Gasteiger partial charge in [-0.3, -0.25) is 0 Å². The number of carbonyl (C=O) groups excluding carboxylic acids is 1. The van der Waals surface area contributed by atoms with Gasteiger partial charge in [-0.25, -0.2) is 0 Å². The van der Waals surface area contributed by atoms with E-state index in [0.717, 1.165) is 13.0 Å². The molecule has 0 bridgehead atoms. The summed E-state index contributed by atoms with van der Waals surface area (Å²) >= 11 is 0. The molecule has 1 saturated heterocycles. The SMILES string of the molecule is CC1CC[N-][CH-]C1=O.[W].[Y]. The summed E-state index contributed by atoms with van der Waals surface area (Å²) in [4.78, 5) is 10.6. The summed E-state index contributed by atoms with van der Waals surface area (Å²) in [5, 5.41) is 3.83. The Bertz CT molecular complexity index is 110. The van der Waals surface area contributed by atoms with Gasteiger partial charge < -0.3 is 16.7 Å². The molecule has 0 aromatic rings. The van der Waals surface area contributed by atoms with E-state index in [1.165, 1.54) is 6.54 Å². The first kappa shape index (κ1) is 13.9. The Balaban J connectivity index is 0. The zero-order chi connectivity index (χ0) is 5.98. The largest absolute Gasteiger partial charge is 0.813 e. The maximum Gasteiger partial charge on any atom is 0 e. The van der Waals surface area contributed by atoms with Crippen molar-refractivity contribution in [1.82, 2.24) is 0 Å². The molecule has 2 nitrogen and oxygen atoms in total. The second-order valence-corrected chi connectivity index (χ2v) is 2.13. The van der Waals surface area contributed by atoms with Crippen LogP contribution in [0.2, 0.25) is 0 Å². The first-order valence-electron chi connectivity index (χ1n) is 2.84. The number of rotatable bonds is 0. The summed E-state index contributed by atoms with van der Waals surface area (Å²) < 4.78 is 0. The third kappa shape index (κ3) is 4.23. The van der Waals surface area contributed by atoms with Crippen molar-refractivity contribution in [3.8, 4) is 0 Å². The Morgan fingerprint density at radius 2 is 2.30 bits per heavy atom. The van der Waals surface area contributed by atoms with E-state index in [1.807, 2.05) is 6.92 Å². The zero-order valence-electron chi connectivity index (χ0n) is 5.91. The molecule has 0 saturated carbocycles. The molecule has 0 aliphatic carbocycles. The molecule has 1 atom stereocenters. The number of hydrogen-bond acceptors (Lipinski definition) is 1. The molecule has 0 amide bonds. The molecule has 0 spiro atoms. The maximum atomic E-state index is 10.6. The van der Waals surface area contributed by atoms with Gasteiger partial charge in [0.1, 0.15) is 0 Å². The number of nitrogens with zero attached hydrogens (tertiary/aromatic N) is 1. The van der Waals surface area contributed by atoms with Crippen LogP contribution in [0.4, 0.5) is 0 Å². The van der Waals surface area contributed by atoms with Gasteiger partial charge in [-0.2, -0.15) is 6.54 Å². The number of piperidine rings is 1. The van der Waals surface area contributed by atoms with Crippen LogP contribution in [0.25, 0.3) is 5.32 Å². The van der Waals surface area contributed by atoms with Crippen molar-refractivity contribution in [1.29, 1.82) is 0 Å². The van der Waals surface area contributed by atoms with E-state index >= 15 is 0 Å². The molecule has 4 heteroatoms. The summed E-state index contributed by atoms with van der Waals surface area (Å²) in [5.41, 5.74) is 0. The molecule has 1 aliphatic rings. The maximum absolute atomic E-state index is 10.6. The molecule has 1 fully saturated rings. The zero-order valence-corrected chi connectivity index (χ0v) is 11.7. The monoisotopic (exact) mass is 384 g/mol. The van der Waals surface area contributed by atoms with E-state index in [1.54, 1.807) is 0 Å². The average Bonchev–Trinajstić information content (AvgIpc) is 1.77.